The molecule has 1 aromatic heterocycles. The lowest BCUT2D eigenvalue weighted by Crippen LogP contribution is -2.47. The number of methoxy groups -OCH3 is 1. The molecule has 11 heteroatoms. The van der Waals surface area contributed by atoms with Gasteiger partial charge in [0.1, 0.15) is 11.5 Å². The van der Waals surface area contributed by atoms with E-state index in [0.29, 0.717) is 23.5 Å². The molecule has 0 saturated carbocycles. The number of hydroxylamine groups is 2. The molecule has 11 nitrogen and oxygen atoms in total. The number of aromatic hydroxyl groups is 1. The topological polar surface area (TPSA) is 158 Å². The fourth-order valence-corrected chi connectivity index (χ4v) is 3.88. The number of benzene rings is 1. The zero-order valence-electron chi connectivity index (χ0n) is 20.7. The molecule has 1 heterocycles. The van der Waals surface area contributed by atoms with Gasteiger partial charge in [0.05, 0.1) is 31.3 Å². The predicted molar refractivity (Wildman–Crippen MR) is 129 cm³/mol. The van der Waals surface area contributed by atoms with Gasteiger partial charge < -0.3 is 24.9 Å². The van der Waals surface area contributed by atoms with E-state index in [4.69, 9.17) is 4.42 Å². The normalized spacial score (nSPS) is 12.3. The fourth-order valence-electron chi connectivity index (χ4n) is 3.88. The quantitative estimate of drug-likeness (QED) is 0.0765. The highest BCUT2D eigenvalue weighted by atomic mass is 16.5. The minimum absolute atomic E-state index is 0.0457. The summed E-state index contributed by atoms with van der Waals surface area (Å²) in [6.45, 7) is 3.61. The number of phenolic OH excluding ortho intramolecular Hbond substituents is 1. The highest BCUT2D eigenvalue weighted by Crippen LogP contribution is 2.27. The SMILES string of the molecule is CCCCCC(C(=O)NCNC(=O)c1ccc(-c2cc(O)cc(C(=O)OC)c2)o1)[C@@H](CC)N(O)C=O. The molecule has 36 heavy (non-hydrogen) atoms. The average molecular weight is 504 g/mol. The number of hydrogen-bond donors (Lipinski definition) is 4. The summed E-state index contributed by atoms with van der Waals surface area (Å²) < 4.78 is 10.2. The van der Waals surface area contributed by atoms with Gasteiger partial charge in [-0.2, -0.15) is 0 Å². The molecule has 0 radical (unpaired) electrons. The van der Waals surface area contributed by atoms with Crippen molar-refractivity contribution in [2.45, 2.75) is 52.0 Å². The van der Waals surface area contributed by atoms with Gasteiger partial charge in [0, 0.05) is 5.56 Å². The average Bonchev–Trinajstić information content (AvgIpc) is 3.37. The fraction of sp³-hybridized carbons (Fsp3) is 0.440. The first-order chi connectivity index (χ1) is 17.2. The number of esters is 1. The number of hydrogen-bond acceptors (Lipinski definition) is 8. The van der Waals surface area contributed by atoms with Gasteiger partial charge in [0.2, 0.25) is 12.3 Å². The van der Waals surface area contributed by atoms with Crippen molar-refractivity contribution in [3.8, 4) is 17.1 Å². The third kappa shape index (κ3) is 7.57. The Hall–Kier alpha value is -3.86. The van der Waals surface area contributed by atoms with Crippen LogP contribution in [0.3, 0.4) is 0 Å². The number of furan rings is 1. The Kier molecular flexibility index (Phi) is 10.9. The minimum atomic E-state index is -0.681. The van der Waals surface area contributed by atoms with Crippen molar-refractivity contribution < 1.29 is 38.6 Å². The van der Waals surface area contributed by atoms with Crippen LogP contribution in [0.1, 0.15) is 66.9 Å². The van der Waals surface area contributed by atoms with Crippen LogP contribution in [-0.4, -0.2) is 59.4 Å². The van der Waals surface area contributed by atoms with Crippen molar-refractivity contribution >= 4 is 24.2 Å². The van der Waals surface area contributed by atoms with Crippen molar-refractivity contribution in [2.24, 2.45) is 5.92 Å². The number of phenols is 1. The van der Waals surface area contributed by atoms with Crippen LogP contribution in [0.25, 0.3) is 11.3 Å². The molecular weight excluding hydrogens is 470 g/mol. The second-order valence-electron chi connectivity index (χ2n) is 8.21. The molecule has 0 aliphatic rings. The number of rotatable bonds is 14. The highest BCUT2D eigenvalue weighted by molar-refractivity contribution is 5.93. The minimum Gasteiger partial charge on any atom is -0.508 e. The van der Waals surface area contributed by atoms with Gasteiger partial charge in [0.25, 0.3) is 5.91 Å². The Morgan fingerprint density at radius 1 is 1.14 bits per heavy atom. The van der Waals surface area contributed by atoms with Crippen LogP contribution in [0.2, 0.25) is 0 Å². The van der Waals surface area contributed by atoms with E-state index >= 15 is 0 Å². The van der Waals surface area contributed by atoms with Crippen LogP contribution >= 0.6 is 0 Å². The second kappa shape index (κ2) is 13.9. The first-order valence-electron chi connectivity index (χ1n) is 11.8. The van der Waals surface area contributed by atoms with Gasteiger partial charge in [-0.15, -0.1) is 0 Å². The summed E-state index contributed by atoms with van der Waals surface area (Å²) in [7, 11) is 1.22. The van der Waals surface area contributed by atoms with Crippen molar-refractivity contribution in [3.05, 3.63) is 41.7 Å². The molecular formula is C25H33N3O8. The number of unbranched alkanes of at least 4 members (excludes halogenated alkanes) is 2. The Bertz CT molecular complexity index is 1050. The molecule has 2 aromatic rings. The van der Waals surface area contributed by atoms with Gasteiger partial charge in [-0.3, -0.25) is 19.6 Å². The molecule has 4 N–H and O–H groups in total. The third-order valence-corrected chi connectivity index (χ3v) is 5.75. The van der Waals surface area contributed by atoms with E-state index in [9.17, 15) is 29.5 Å². The molecule has 2 rings (SSSR count). The van der Waals surface area contributed by atoms with Gasteiger partial charge >= 0.3 is 5.97 Å². The summed E-state index contributed by atoms with van der Waals surface area (Å²) in [5.74, 6) is -2.25. The van der Waals surface area contributed by atoms with Crippen molar-refractivity contribution in [3.63, 3.8) is 0 Å². The molecule has 0 fully saturated rings. The molecule has 2 atom stereocenters. The van der Waals surface area contributed by atoms with E-state index in [1.165, 1.54) is 37.4 Å². The van der Waals surface area contributed by atoms with Gasteiger partial charge in [-0.25, -0.2) is 9.86 Å². The van der Waals surface area contributed by atoms with E-state index in [-0.39, 0.29) is 35.9 Å². The summed E-state index contributed by atoms with van der Waals surface area (Å²) >= 11 is 0. The van der Waals surface area contributed by atoms with E-state index in [0.717, 1.165) is 19.3 Å². The summed E-state index contributed by atoms with van der Waals surface area (Å²) in [5.41, 5.74) is 0.486. The third-order valence-electron chi connectivity index (χ3n) is 5.75. The van der Waals surface area contributed by atoms with Crippen molar-refractivity contribution in [2.75, 3.05) is 13.8 Å². The number of ether oxygens (including phenoxy) is 1. The molecule has 1 unspecified atom stereocenters. The largest absolute Gasteiger partial charge is 0.508 e. The summed E-state index contributed by atoms with van der Waals surface area (Å²) in [6, 6.07) is 6.33. The van der Waals surface area contributed by atoms with Crippen molar-refractivity contribution in [1.29, 1.82) is 0 Å². The predicted octanol–water partition coefficient (Wildman–Crippen LogP) is 3.07. The first kappa shape index (κ1) is 28.4. The van der Waals surface area contributed by atoms with Crippen LogP contribution in [-0.2, 0) is 14.3 Å². The molecule has 0 aliphatic carbocycles. The van der Waals surface area contributed by atoms with Crippen LogP contribution in [0.15, 0.2) is 34.7 Å². The second-order valence-corrected chi connectivity index (χ2v) is 8.21. The van der Waals surface area contributed by atoms with Crippen LogP contribution in [0.5, 0.6) is 5.75 Å². The number of carbonyl (C=O) groups is 4. The highest BCUT2D eigenvalue weighted by Gasteiger charge is 2.30. The van der Waals surface area contributed by atoms with Gasteiger partial charge in [-0.05, 0) is 43.2 Å². The van der Waals surface area contributed by atoms with Crippen LogP contribution in [0.4, 0.5) is 0 Å². The number of carbonyl (C=O) groups excluding carboxylic acids is 4. The van der Waals surface area contributed by atoms with Crippen molar-refractivity contribution in [1.82, 2.24) is 15.7 Å². The van der Waals surface area contributed by atoms with Gasteiger partial charge in [-0.1, -0.05) is 33.1 Å². The Morgan fingerprint density at radius 2 is 1.89 bits per heavy atom. The maximum absolute atomic E-state index is 12.8. The number of amides is 3. The van der Waals surface area contributed by atoms with E-state index in [1.54, 1.807) is 6.92 Å². The Morgan fingerprint density at radius 3 is 2.53 bits per heavy atom. The smallest absolute Gasteiger partial charge is 0.338 e. The van der Waals surface area contributed by atoms with Gasteiger partial charge in [0.15, 0.2) is 5.76 Å². The molecule has 3 amide bonds. The number of nitrogens with zero attached hydrogens (tertiary/aromatic N) is 1. The van der Waals surface area contributed by atoms with E-state index in [1.807, 2.05) is 6.92 Å². The maximum atomic E-state index is 12.8. The lowest BCUT2D eigenvalue weighted by Gasteiger charge is -2.29. The molecule has 0 bridgehead atoms. The number of nitrogens with one attached hydrogen (secondary N) is 2. The summed E-state index contributed by atoms with van der Waals surface area (Å²) in [4.78, 5) is 48.1. The maximum Gasteiger partial charge on any atom is 0.338 e. The molecule has 0 spiro atoms. The summed E-state index contributed by atoms with van der Waals surface area (Å²) in [5, 5.41) is 25.5. The zero-order valence-corrected chi connectivity index (χ0v) is 20.7. The van der Waals surface area contributed by atoms with Crippen LogP contribution < -0.4 is 10.6 Å². The monoisotopic (exact) mass is 503 g/mol. The lowest BCUT2D eigenvalue weighted by molar-refractivity contribution is -0.168. The van der Waals surface area contributed by atoms with E-state index < -0.39 is 29.7 Å². The molecule has 196 valence electrons. The first-order valence-corrected chi connectivity index (χ1v) is 11.8. The van der Waals surface area contributed by atoms with Crippen LogP contribution in [0, 0.1) is 5.92 Å². The lowest BCUT2D eigenvalue weighted by atomic mass is 9.90. The molecule has 1 aromatic carbocycles. The Balaban J connectivity index is 2.03. The summed E-state index contributed by atoms with van der Waals surface area (Å²) in [6.07, 6.45) is 3.76. The van der Waals surface area contributed by atoms with E-state index in [2.05, 4.69) is 15.4 Å². The standard InChI is InChI=1S/C25H33N3O8/c1-4-6-7-8-19(20(5-2)28(34)15-29)23(31)26-14-27-24(32)22-10-9-21(36-22)16-11-17(25(33)35-3)13-18(30)12-16/h9-13,15,19-20,30,34H,4-8,14H2,1-3H3,(H,26,31)(H,27,32)/t19?,20-/m1/s1. The molecule has 0 saturated heterocycles. The molecule has 0 aliphatic heterocycles. The zero-order chi connectivity index (χ0) is 26.7. The Labute approximate surface area is 209 Å².